The highest BCUT2D eigenvalue weighted by molar-refractivity contribution is 6.61. The Balaban J connectivity index is 1.52. The molecular weight excluding hydrogens is 425 g/mol. The molecule has 10 nitrogen and oxygen atoms in total. The number of alkyl carbamates (subject to hydrolysis) is 1. The number of aromatic nitrogens is 2. The van der Waals surface area contributed by atoms with Crippen LogP contribution >= 0.6 is 0 Å². The molecule has 2 amide bonds. The van der Waals surface area contributed by atoms with Crippen LogP contribution in [0.4, 0.5) is 10.7 Å². The van der Waals surface area contributed by atoms with E-state index in [2.05, 4.69) is 15.3 Å². The number of hydrogen-bond acceptors (Lipinski definition) is 8. The number of nitrogens with one attached hydrogen (secondary N) is 1. The molecule has 2 fully saturated rings. The van der Waals surface area contributed by atoms with Crippen LogP contribution in [0.25, 0.3) is 0 Å². The van der Waals surface area contributed by atoms with Crippen LogP contribution in [0.5, 0.6) is 0 Å². The van der Waals surface area contributed by atoms with E-state index in [0.717, 1.165) is 5.46 Å². The molecule has 1 atom stereocenters. The highest BCUT2D eigenvalue weighted by Gasteiger charge is 2.52. The molecule has 2 aliphatic rings. The average molecular weight is 461 g/mol. The third-order valence-electron chi connectivity index (χ3n) is 6.16. The van der Waals surface area contributed by atoms with Gasteiger partial charge in [-0.3, -0.25) is 4.79 Å². The van der Waals surface area contributed by atoms with Gasteiger partial charge in [0.05, 0.1) is 11.2 Å². The van der Waals surface area contributed by atoms with Gasteiger partial charge in [-0.25, -0.2) is 14.8 Å². The van der Waals surface area contributed by atoms with E-state index in [9.17, 15) is 9.59 Å². The van der Waals surface area contributed by atoms with Gasteiger partial charge < -0.3 is 29.2 Å². The number of ether oxygens (including phenoxy) is 1. The summed E-state index contributed by atoms with van der Waals surface area (Å²) in [5.41, 5.74) is -0.687. The number of carbonyl (C=O) groups is 2. The predicted octanol–water partition coefficient (Wildman–Crippen LogP) is 1.34. The topological polar surface area (TPSA) is 106 Å². The predicted molar refractivity (Wildman–Crippen MR) is 125 cm³/mol. The maximum atomic E-state index is 12.7. The fourth-order valence-corrected chi connectivity index (χ4v) is 3.54. The third-order valence-corrected chi connectivity index (χ3v) is 6.16. The lowest BCUT2D eigenvalue weighted by atomic mass is 9.81. The van der Waals surface area contributed by atoms with E-state index in [1.165, 1.54) is 0 Å². The number of carbonyl (C=O) groups excluding carboxylic acids is 2. The Labute approximate surface area is 196 Å². The first-order valence-electron chi connectivity index (χ1n) is 11.4. The Hall–Kier alpha value is -2.40. The van der Waals surface area contributed by atoms with Gasteiger partial charge in [0.1, 0.15) is 11.6 Å². The Kier molecular flexibility index (Phi) is 6.96. The fraction of sp³-hybridized carbons (Fsp3) is 0.727. The van der Waals surface area contributed by atoms with Gasteiger partial charge in [-0.05, 0) is 55.4 Å². The highest BCUT2D eigenvalue weighted by atomic mass is 16.7. The molecule has 0 aromatic carbocycles. The zero-order chi connectivity index (χ0) is 24.6. The first kappa shape index (κ1) is 25.2. The van der Waals surface area contributed by atoms with Crippen LogP contribution in [0, 0.1) is 0 Å². The van der Waals surface area contributed by atoms with Crippen molar-refractivity contribution in [1.82, 2.24) is 20.2 Å². The Morgan fingerprint density at radius 3 is 2.06 bits per heavy atom. The summed E-state index contributed by atoms with van der Waals surface area (Å²) < 4.78 is 17.3. The second kappa shape index (κ2) is 9.10. The molecule has 2 aliphatic heterocycles. The van der Waals surface area contributed by atoms with Crippen LogP contribution in [0.3, 0.4) is 0 Å². The fourth-order valence-electron chi connectivity index (χ4n) is 3.54. The molecule has 2 saturated heterocycles. The average Bonchev–Trinajstić information content (AvgIpc) is 2.93. The van der Waals surface area contributed by atoms with Crippen LogP contribution < -0.4 is 15.7 Å². The van der Waals surface area contributed by atoms with E-state index < -0.39 is 36.1 Å². The molecule has 182 valence electrons. The lowest BCUT2D eigenvalue weighted by molar-refractivity contribution is -0.133. The highest BCUT2D eigenvalue weighted by Crippen LogP contribution is 2.36. The van der Waals surface area contributed by atoms with Crippen LogP contribution in [-0.2, 0) is 18.8 Å². The maximum absolute atomic E-state index is 12.7. The number of rotatable bonds is 4. The first-order chi connectivity index (χ1) is 15.2. The number of anilines is 1. The van der Waals surface area contributed by atoms with Crippen molar-refractivity contribution in [3.05, 3.63) is 12.4 Å². The Morgan fingerprint density at radius 2 is 1.58 bits per heavy atom. The minimum absolute atomic E-state index is 0.141. The Morgan fingerprint density at radius 1 is 1.06 bits per heavy atom. The van der Waals surface area contributed by atoms with Gasteiger partial charge in [-0.15, -0.1) is 0 Å². The third kappa shape index (κ3) is 5.94. The molecule has 1 N–H and O–H groups in total. The van der Waals surface area contributed by atoms with Crippen molar-refractivity contribution >= 4 is 30.5 Å². The summed E-state index contributed by atoms with van der Waals surface area (Å²) in [7, 11) is -0.502. The molecule has 1 aromatic heterocycles. The largest absolute Gasteiger partial charge is 0.498 e. The summed E-state index contributed by atoms with van der Waals surface area (Å²) in [5, 5.41) is 2.61. The summed E-state index contributed by atoms with van der Waals surface area (Å²) in [4.78, 5) is 37.4. The molecule has 33 heavy (non-hydrogen) atoms. The van der Waals surface area contributed by atoms with Gasteiger partial charge >= 0.3 is 13.2 Å². The molecular formula is C22H36BN5O5. The molecule has 0 aliphatic carbocycles. The monoisotopic (exact) mass is 461 g/mol. The number of hydrogen-bond donors (Lipinski definition) is 1. The van der Waals surface area contributed by atoms with Crippen molar-refractivity contribution in [1.29, 1.82) is 0 Å². The summed E-state index contributed by atoms with van der Waals surface area (Å²) in [6, 6.07) is -0.665. The molecule has 3 heterocycles. The Bertz CT molecular complexity index is 847. The van der Waals surface area contributed by atoms with Crippen molar-refractivity contribution in [2.24, 2.45) is 0 Å². The summed E-state index contributed by atoms with van der Waals surface area (Å²) in [6.07, 6.45) is 2.86. The van der Waals surface area contributed by atoms with Crippen molar-refractivity contribution in [3.63, 3.8) is 0 Å². The van der Waals surface area contributed by atoms with Crippen molar-refractivity contribution in [2.75, 3.05) is 31.1 Å². The number of amides is 2. The van der Waals surface area contributed by atoms with E-state index in [4.69, 9.17) is 14.0 Å². The molecule has 11 heteroatoms. The van der Waals surface area contributed by atoms with E-state index in [1.54, 1.807) is 45.0 Å². The van der Waals surface area contributed by atoms with Gasteiger partial charge in [0.25, 0.3) is 0 Å². The zero-order valence-corrected chi connectivity index (χ0v) is 21.0. The minimum Gasteiger partial charge on any atom is -0.444 e. The second-order valence-electron chi connectivity index (χ2n) is 10.6. The van der Waals surface area contributed by atoms with Crippen LogP contribution in [0.15, 0.2) is 12.4 Å². The lowest BCUT2D eigenvalue weighted by Gasteiger charge is -2.36. The van der Waals surface area contributed by atoms with Crippen molar-refractivity contribution in [2.45, 2.75) is 78.2 Å². The van der Waals surface area contributed by atoms with E-state index >= 15 is 0 Å². The van der Waals surface area contributed by atoms with Crippen LogP contribution in [0.1, 0.15) is 55.4 Å². The van der Waals surface area contributed by atoms with E-state index in [0.29, 0.717) is 32.1 Å². The van der Waals surface area contributed by atoms with Crippen molar-refractivity contribution < 1.29 is 23.6 Å². The molecule has 0 bridgehead atoms. The van der Waals surface area contributed by atoms with Gasteiger partial charge in [-0.2, -0.15) is 0 Å². The zero-order valence-electron chi connectivity index (χ0n) is 21.0. The maximum Gasteiger partial charge on any atom is 0.498 e. The quantitative estimate of drug-likeness (QED) is 0.670. The minimum atomic E-state index is -0.665. The first-order valence-corrected chi connectivity index (χ1v) is 11.4. The van der Waals surface area contributed by atoms with Gasteiger partial charge in [-0.1, -0.05) is 0 Å². The molecule has 0 spiro atoms. The van der Waals surface area contributed by atoms with Crippen LogP contribution in [-0.4, -0.2) is 83.0 Å². The SMILES string of the molecule is CC(NC(=O)OC(C)(C)C)C(=O)N1CCN(c2ncc(B3OC(C)(C)C(C)(C)O3)cn2)CC1. The number of piperazine rings is 1. The lowest BCUT2D eigenvalue weighted by Crippen LogP contribution is -2.54. The van der Waals surface area contributed by atoms with E-state index in [-0.39, 0.29) is 5.91 Å². The van der Waals surface area contributed by atoms with Gasteiger partial charge in [0.2, 0.25) is 11.9 Å². The molecule has 0 saturated carbocycles. The summed E-state index contributed by atoms with van der Waals surface area (Å²) >= 11 is 0. The normalized spacial score (nSPS) is 21.0. The van der Waals surface area contributed by atoms with Gasteiger partial charge in [0, 0.05) is 44.0 Å². The van der Waals surface area contributed by atoms with E-state index in [1.807, 2.05) is 32.6 Å². The smallest absolute Gasteiger partial charge is 0.444 e. The number of nitrogens with zero attached hydrogens (tertiary/aromatic N) is 4. The molecule has 3 rings (SSSR count). The summed E-state index contributed by atoms with van der Waals surface area (Å²) in [5.74, 6) is 0.458. The van der Waals surface area contributed by atoms with Gasteiger partial charge in [0.15, 0.2) is 0 Å². The van der Waals surface area contributed by atoms with Crippen molar-refractivity contribution in [3.8, 4) is 0 Å². The molecule has 1 aromatic rings. The molecule has 0 radical (unpaired) electrons. The summed E-state index contributed by atoms with van der Waals surface area (Å²) in [6.45, 7) is 17.3. The molecule has 1 unspecified atom stereocenters. The second-order valence-corrected chi connectivity index (χ2v) is 10.6. The van der Waals surface area contributed by atoms with Crippen LogP contribution in [0.2, 0.25) is 0 Å². The standard InChI is InChI=1S/C22H36BN5O5/c1-15(26-19(30)31-20(2,3)4)17(29)27-9-11-28(12-10-27)18-24-13-16(14-25-18)23-32-21(5,6)22(7,8)33-23/h13-15H,9-12H2,1-8H3,(H,26,30).